The smallest absolute Gasteiger partial charge is 0.313 e. The molecule has 0 saturated carbocycles. The molecule has 1 atom stereocenters. The van der Waals surface area contributed by atoms with Crippen LogP contribution < -0.4 is 5.32 Å². The van der Waals surface area contributed by atoms with Crippen LogP contribution >= 0.6 is 0 Å². The molecule has 0 aromatic carbocycles. The Hall–Kier alpha value is -0.610. The van der Waals surface area contributed by atoms with E-state index in [9.17, 15) is 4.79 Å². The summed E-state index contributed by atoms with van der Waals surface area (Å²) in [7, 11) is 0. The maximum Gasteiger partial charge on any atom is 0.313 e. The highest BCUT2D eigenvalue weighted by molar-refractivity contribution is 5.77. The van der Waals surface area contributed by atoms with Gasteiger partial charge in [-0.3, -0.25) is 4.79 Å². The van der Waals surface area contributed by atoms with E-state index >= 15 is 0 Å². The molecule has 4 heteroatoms. The molecule has 100 valence electrons. The number of esters is 1. The number of carbonyl (C=O) groups is 1. The molecular formula is C13H25NO3. The summed E-state index contributed by atoms with van der Waals surface area (Å²) in [6.07, 6.45) is 3.93. The fraction of sp³-hybridized carbons (Fsp3) is 0.923. The van der Waals surface area contributed by atoms with E-state index in [0.717, 1.165) is 38.8 Å². The largest absolute Gasteiger partial charge is 0.463 e. The summed E-state index contributed by atoms with van der Waals surface area (Å²) in [6.45, 7) is 7.36. The Morgan fingerprint density at radius 3 is 2.76 bits per heavy atom. The zero-order chi connectivity index (χ0) is 12.6. The molecule has 1 aliphatic rings. The van der Waals surface area contributed by atoms with Gasteiger partial charge in [-0.2, -0.15) is 0 Å². The van der Waals surface area contributed by atoms with Gasteiger partial charge >= 0.3 is 5.97 Å². The molecule has 1 heterocycles. The fourth-order valence-electron chi connectivity index (χ4n) is 2.43. The Balaban J connectivity index is 2.42. The first kappa shape index (κ1) is 14.5. The lowest BCUT2D eigenvalue weighted by Gasteiger charge is -2.35. The lowest BCUT2D eigenvalue weighted by molar-refractivity contribution is -0.159. The lowest BCUT2D eigenvalue weighted by Crippen LogP contribution is -2.46. The highest BCUT2D eigenvalue weighted by Gasteiger charge is 2.40. The first-order valence-corrected chi connectivity index (χ1v) is 6.71. The number of hydrogen-bond donors (Lipinski definition) is 1. The van der Waals surface area contributed by atoms with Crippen LogP contribution in [-0.4, -0.2) is 38.9 Å². The van der Waals surface area contributed by atoms with Crippen molar-refractivity contribution in [2.45, 2.75) is 39.5 Å². The van der Waals surface area contributed by atoms with E-state index in [0.29, 0.717) is 19.8 Å². The molecule has 0 radical (unpaired) electrons. The highest BCUT2D eigenvalue weighted by atomic mass is 16.6. The Kier molecular flexibility index (Phi) is 6.52. The number of ether oxygens (including phenoxy) is 2. The van der Waals surface area contributed by atoms with Crippen LogP contribution in [0.15, 0.2) is 0 Å². The normalized spacial score (nSPS) is 24.6. The second kappa shape index (κ2) is 7.67. The molecule has 0 bridgehead atoms. The monoisotopic (exact) mass is 243 g/mol. The van der Waals surface area contributed by atoms with Crippen LogP contribution in [0.5, 0.6) is 0 Å². The molecule has 1 fully saturated rings. The Morgan fingerprint density at radius 2 is 2.18 bits per heavy atom. The second-order valence-electron chi connectivity index (χ2n) is 4.64. The summed E-state index contributed by atoms with van der Waals surface area (Å²) in [5, 5.41) is 3.31. The van der Waals surface area contributed by atoms with E-state index in [-0.39, 0.29) is 11.4 Å². The molecule has 4 nitrogen and oxygen atoms in total. The van der Waals surface area contributed by atoms with E-state index in [1.54, 1.807) is 0 Å². The minimum Gasteiger partial charge on any atom is -0.463 e. The van der Waals surface area contributed by atoms with E-state index in [2.05, 4.69) is 12.2 Å². The standard InChI is InChI=1S/C13H25NO3/c1-3-6-13(7-5-8-14-11-13)12(15)17-10-9-16-4-2/h14H,3-11H2,1-2H3. The van der Waals surface area contributed by atoms with Crippen LogP contribution in [0.3, 0.4) is 0 Å². The molecule has 1 N–H and O–H groups in total. The van der Waals surface area contributed by atoms with Crippen molar-refractivity contribution in [3.8, 4) is 0 Å². The van der Waals surface area contributed by atoms with Crippen molar-refractivity contribution in [3.05, 3.63) is 0 Å². The van der Waals surface area contributed by atoms with Gasteiger partial charge in [-0.1, -0.05) is 13.3 Å². The summed E-state index contributed by atoms with van der Waals surface area (Å²) in [6, 6.07) is 0. The molecule has 1 aliphatic heterocycles. The summed E-state index contributed by atoms with van der Waals surface area (Å²) in [5.74, 6) is -0.0498. The highest BCUT2D eigenvalue weighted by Crippen LogP contribution is 2.32. The van der Waals surface area contributed by atoms with E-state index < -0.39 is 0 Å². The van der Waals surface area contributed by atoms with Gasteiger partial charge in [-0.15, -0.1) is 0 Å². The van der Waals surface area contributed by atoms with Gasteiger partial charge in [0.25, 0.3) is 0 Å². The van der Waals surface area contributed by atoms with Crippen molar-refractivity contribution in [1.82, 2.24) is 5.32 Å². The van der Waals surface area contributed by atoms with Gasteiger partial charge in [0, 0.05) is 13.2 Å². The van der Waals surface area contributed by atoms with Gasteiger partial charge in [-0.05, 0) is 32.7 Å². The Bertz CT molecular complexity index is 219. The van der Waals surface area contributed by atoms with Crippen LogP contribution in [0.1, 0.15) is 39.5 Å². The quantitative estimate of drug-likeness (QED) is 0.546. The lowest BCUT2D eigenvalue weighted by atomic mass is 9.77. The first-order valence-electron chi connectivity index (χ1n) is 6.71. The molecule has 0 spiro atoms. The minimum absolute atomic E-state index is 0.0498. The van der Waals surface area contributed by atoms with Crippen LogP contribution in [0.2, 0.25) is 0 Å². The van der Waals surface area contributed by atoms with Crippen molar-refractivity contribution >= 4 is 5.97 Å². The fourth-order valence-corrected chi connectivity index (χ4v) is 2.43. The third kappa shape index (κ3) is 4.28. The summed E-state index contributed by atoms with van der Waals surface area (Å²) >= 11 is 0. The zero-order valence-electron chi connectivity index (χ0n) is 11.1. The van der Waals surface area contributed by atoms with Crippen LogP contribution in [0, 0.1) is 5.41 Å². The third-order valence-electron chi connectivity index (χ3n) is 3.30. The van der Waals surface area contributed by atoms with Crippen molar-refractivity contribution in [2.75, 3.05) is 32.9 Å². The van der Waals surface area contributed by atoms with Crippen LogP contribution in [-0.2, 0) is 14.3 Å². The third-order valence-corrected chi connectivity index (χ3v) is 3.30. The molecule has 0 aliphatic carbocycles. The van der Waals surface area contributed by atoms with E-state index in [4.69, 9.17) is 9.47 Å². The van der Waals surface area contributed by atoms with Gasteiger partial charge in [0.05, 0.1) is 12.0 Å². The molecule has 1 saturated heterocycles. The predicted octanol–water partition coefficient (Wildman–Crippen LogP) is 1.74. The van der Waals surface area contributed by atoms with Crippen molar-refractivity contribution in [2.24, 2.45) is 5.41 Å². The molecule has 1 unspecified atom stereocenters. The Labute approximate surface area is 104 Å². The molecule has 0 aromatic heterocycles. The number of hydrogen-bond acceptors (Lipinski definition) is 4. The Morgan fingerprint density at radius 1 is 1.35 bits per heavy atom. The van der Waals surface area contributed by atoms with E-state index in [1.807, 2.05) is 6.92 Å². The maximum absolute atomic E-state index is 12.2. The van der Waals surface area contributed by atoms with Gasteiger partial charge in [0.2, 0.25) is 0 Å². The summed E-state index contributed by atoms with van der Waals surface area (Å²) in [5.41, 5.74) is -0.292. The maximum atomic E-state index is 12.2. The summed E-state index contributed by atoms with van der Waals surface area (Å²) in [4.78, 5) is 12.2. The predicted molar refractivity (Wildman–Crippen MR) is 66.9 cm³/mol. The molecule has 17 heavy (non-hydrogen) atoms. The molecule has 0 aromatic rings. The van der Waals surface area contributed by atoms with Crippen molar-refractivity contribution in [1.29, 1.82) is 0 Å². The average Bonchev–Trinajstić information content (AvgIpc) is 2.36. The van der Waals surface area contributed by atoms with Crippen molar-refractivity contribution in [3.63, 3.8) is 0 Å². The number of piperidine rings is 1. The molecule has 1 rings (SSSR count). The minimum atomic E-state index is -0.292. The number of rotatable bonds is 7. The number of carbonyl (C=O) groups excluding carboxylic acids is 1. The average molecular weight is 243 g/mol. The zero-order valence-corrected chi connectivity index (χ0v) is 11.1. The van der Waals surface area contributed by atoms with Crippen LogP contribution in [0.25, 0.3) is 0 Å². The number of nitrogens with one attached hydrogen (secondary N) is 1. The van der Waals surface area contributed by atoms with Gasteiger partial charge < -0.3 is 14.8 Å². The van der Waals surface area contributed by atoms with E-state index in [1.165, 1.54) is 0 Å². The topological polar surface area (TPSA) is 47.6 Å². The van der Waals surface area contributed by atoms with Crippen molar-refractivity contribution < 1.29 is 14.3 Å². The first-order chi connectivity index (χ1) is 8.25. The molecular weight excluding hydrogens is 218 g/mol. The van der Waals surface area contributed by atoms with Crippen LogP contribution in [0.4, 0.5) is 0 Å². The molecule has 0 amide bonds. The SMILES string of the molecule is CCCC1(C(=O)OCCOCC)CCCNC1. The van der Waals surface area contributed by atoms with Gasteiger partial charge in [0.15, 0.2) is 0 Å². The summed E-state index contributed by atoms with van der Waals surface area (Å²) < 4.78 is 10.5. The van der Waals surface area contributed by atoms with Gasteiger partial charge in [0.1, 0.15) is 6.61 Å². The van der Waals surface area contributed by atoms with Gasteiger partial charge in [-0.25, -0.2) is 0 Å². The second-order valence-corrected chi connectivity index (χ2v) is 4.64.